The smallest absolute Gasteiger partial charge is 0.333 e. The first kappa shape index (κ1) is 14.1. The van der Waals surface area contributed by atoms with Crippen molar-refractivity contribution < 1.29 is 18.0 Å². The molecule has 100 valence electrons. The van der Waals surface area contributed by atoms with Crippen molar-refractivity contribution in [1.29, 1.82) is 0 Å². The Labute approximate surface area is 99.4 Å². The van der Waals surface area contributed by atoms with Crippen LogP contribution in [0.25, 0.3) is 0 Å². The molecule has 0 unspecified atom stereocenters. The molecule has 0 aliphatic carbocycles. The van der Waals surface area contributed by atoms with Crippen LogP contribution in [0.15, 0.2) is 0 Å². The fourth-order valence-electron chi connectivity index (χ4n) is 1.81. The van der Waals surface area contributed by atoms with E-state index in [-0.39, 0.29) is 37.5 Å². The highest BCUT2D eigenvalue weighted by Crippen LogP contribution is 2.34. The zero-order chi connectivity index (χ0) is 13.3. The molecular weight excluding hydrogens is 233 g/mol. The molecule has 0 atom stereocenters. The number of nitrogens with one attached hydrogen (secondary N) is 1. The average Bonchev–Trinajstić information content (AvgIpc) is 2.14. The lowest BCUT2D eigenvalue weighted by Crippen LogP contribution is -2.51. The lowest BCUT2D eigenvalue weighted by Gasteiger charge is -2.34. The molecule has 0 aromatic rings. The number of hydrogen-bond acceptors (Lipinski definition) is 1. The average molecular weight is 252 g/mol. The highest BCUT2D eigenvalue weighted by molar-refractivity contribution is 5.75. The van der Waals surface area contributed by atoms with Gasteiger partial charge >= 0.3 is 12.2 Å². The van der Waals surface area contributed by atoms with Crippen LogP contribution in [-0.4, -0.2) is 35.7 Å². The van der Waals surface area contributed by atoms with Crippen LogP contribution in [0.4, 0.5) is 18.0 Å². The first-order valence-corrected chi connectivity index (χ1v) is 5.73. The standard InChI is InChI=1S/C11H19F3N2O/c1-10(2,3)15-9(17)16-6-4-8(5-7-16)11(12,13)14/h8H,4-7H2,1-3H3,(H,15,17). The molecule has 1 rings (SSSR count). The van der Waals surface area contributed by atoms with Crippen LogP contribution < -0.4 is 5.32 Å². The third-order valence-electron chi connectivity index (χ3n) is 2.73. The van der Waals surface area contributed by atoms with Crippen molar-refractivity contribution >= 4 is 6.03 Å². The highest BCUT2D eigenvalue weighted by Gasteiger charge is 2.41. The van der Waals surface area contributed by atoms with Crippen molar-refractivity contribution in [2.24, 2.45) is 5.92 Å². The number of urea groups is 1. The number of likely N-dealkylation sites (tertiary alicyclic amines) is 1. The van der Waals surface area contributed by atoms with E-state index >= 15 is 0 Å². The molecule has 0 spiro atoms. The SMILES string of the molecule is CC(C)(C)NC(=O)N1CCC(C(F)(F)F)CC1. The van der Waals surface area contributed by atoms with Crippen LogP contribution in [0, 0.1) is 5.92 Å². The van der Waals surface area contributed by atoms with E-state index in [9.17, 15) is 18.0 Å². The summed E-state index contributed by atoms with van der Waals surface area (Å²) in [7, 11) is 0. The van der Waals surface area contributed by atoms with E-state index in [1.807, 2.05) is 20.8 Å². The van der Waals surface area contributed by atoms with Gasteiger partial charge < -0.3 is 10.2 Å². The Morgan fingerprint density at radius 3 is 2.00 bits per heavy atom. The van der Waals surface area contributed by atoms with Gasteiger partial charge in [-0.15, -0.1) is 0 Å². The van der Waals surface area contributed by atoms with Crippen LogP contribution in [0.1, 0.15) is 33.6 Å². The topological polar surface area (TPSA) is 32.3 Å². The van der Waals surface area contributed by atoms with E-state index in [0.717, 1.165) is 0 Å². The number of hydrogen-bond donors (Lipinski definition) is 1. The van der Waals surface area contributed by atoms with E-state index in [4.69, 9.17) is 0 Å². The number of rotatable bonds is 0. The van der Waals surface area contributed by atoms with E-state index in [1.54, 1.807) is 0 Å². The van der Waals surface area contributed by atoms with E-state index < -0.39 is 12.1 Å². The van der Waals surface area contributed by atoms with Gasteiger partial charge in [0.1, 0.15) is 0 Å². The second kappa shape index (κ2) is 4.74. The fraction of sp³-hybridized carbons (Fsp3) is 0.909. The summed E-state index contributed by atoms with van der Waals surface area (Å²) in [5.41, 5.74) is -0.363. The van der Waals surface area contributed by atoms with Crippen molar-refractivity contribution in [1.82, 2.24) is 10.2 Å². The second-order valence-corrected chi connectivity index (χ2v) is 5.48. The van der Waals surface area contributed by atoms with Gasteiger partial charge in [0.05, 0.1) is 5.92 Å². The van der Waals surface area contributed by atoms with Crippen molar-refractivity contribution in [3.8, 4) is 0 Å². The minimum atomic E-state index is -4.13. The molecule has 0 radical (unpaired) electrons. The van der Waals surface area contributed by atoms with Crippen LogP contribution >= 0.6 is 0 Å². The van der Waals surface area contributed by atoms with Gasteiger partial charge in [-0.2, -0.15) is 13.2 Å². The third-order valence-corrected chi connectivity index (χ3v) is 2.73. The number of nitrogens with zero attached hydrogens (tertiary/aromatic N) is 1. The normalized spacial score (nSPS) is 19.3. The van der Waals surface area contributed by atoms with Crippen molar-refractivity contribution in [3.63, 3.8) is 0 Å². The Morgan fingerprint density at radius 1 is 1.18 bits per heavy atom. The van der Waals surface area contributed by atoms with Crippen LogP contribution in [0.5, 0.6) is 0 Å². The Balaban J connectivity index is 2.45. The van der Waals surface area contributed by atoms with Crippen molar-refractivity contribution in [3.05, 3.63) is 0 Å². The van der Waals surface area contributed by atoms with Gasteiger partial charge in [-0.05, 0) is 33.6 Å². The van der Waals surface area contributed by atoms with E-state index in [0.29, 0.717) is 0 Å². The number of alkyl halides is 3. The maximum atomic E-state index is 12.4. The molecule has 2 amide bonds. The Bertz CT molecular complexity index is 275. The maximum absolute atomic E-state index is 12.4. The van der Waals surface area contributed by atoms with Gasteiger partial charge in [0.15, 0.2) is 0 Å². The Kier molecular flexibility index (Phi) is 3.94. The van der Waals surface area contributed by atoms with Gasteiger partial charge in [-0.25, -0.2) is 4.79 Å². The summed E-state index contributed by atoms with van der Waals surface area (Å²) < 4.78 is 37.3. The number of piperidine rings is 1. The largest absolute Gasteiger partial charge is 0.391 e. The quantitative estimate of drug-likeness (QED) is 0.706. The summed E-state index contributed by atoms with van der Waals surface area (Å²) in [5.74, 6) is -1.26. The molecule has 0 bridgehead atoms. The first-order valence-electron chi connectivity index (χ1n) is 5.73. The lowest BCUT2D eigenvalue weighted by molar-refractivity contribution is -0.183. The van der Waals surface area contributed by atoms with Crippen molar-refractivity contribution in [2.75, 3.05) is 13.1 Å². The number of amides is 2. The summed E-state index contributed by atoms with van der Waals surface area (Å²) in [6, 6.07) is -0.280. The number of halogens is 3. The molecule has 1 saturated heterocycles. The highest BCUT2D eigenvalue weighted by atomic mass is 19.4. The summed E-state index contributed by atoms with van der Waals surface area (Å²) in [4.78, 5) is 13.2. The predicted molar refractivity (Wildman–Crippen MR) is 58.6 cm³/mol. The zero-order valence-electron chi connectivity index (χ0n) is 10.4. The minimum Gasteiger partial charge on any atom is -0.333 e. The summed E-state index contributed by atoms with van der Waals surface area (Å²) in [6.45, 7) is 5.87. The molecule has 0 aromatic heterocycles. The first-order chi connectivity index (χ1) is 7.59. The number of carbonyl (C=O) groups excluding carboxylic acids is 1. The van der Waals surface area contributed by atoms with Gasteiger partial charge in [-0.3, -0.25) is 0 Å². The van der Waals surface area contributed by atoms with Crippen LogP contribution in [0.3, 0.4) is 0 Å². The molecule has 6 heteroatoms. The van der Waals surface area contributed by atoms with Gasteiger partial charge in [0.25, 0.3) is 0 Å². The second-order valence-electron chi connectivity index (χ2n) is 5.48. The van der Waals surface area contributed by atoms with Crippen LogP contribution in [0.2, 0.25) is 0 Å². The molecule has 3 nitrogen and oxygen atoms in total. The summed E-state index contributed by atoms with van der Waals surface area (Å²) >= 11 is 0. The molecule has 1 aliphatic heterocycles. The Hall–Kier alpha value is -0.940. The number of carbonyl (C=O) groups is 1. The molecule has 0 saturated carbocycles. The molecule has 1 fully saturated rings. The fourth-order valence-corrected chi connectivity index (χ4v) is 1.81. The molecule has 17 heavy (non-hydrogen) atoms. The molecule has 1 N–H and O–H groups in total. The predicted octanol–water partition coefficient (Wildman–Crippen LogP) is 2.77. The van der Waals surface area contributed by atoms with Gasteiger partial charge in [0.2, 0.25) is 0 Å². The molecule has 1 aliphatic rings. The monoisotopic (exact) mass is 252 g/mol. The minimum absolute atomic E-state index is 0.00105. The molecule has 0 aromatic carbocycles. The van der Waals surface area contributed by atoms with Crippen LogP contribution in [-0.2, 0) is 0 Å². The van der Waals surface area contributed by atoms with E-state index in [1.165, 1.54) is 4.90 Å². The summed E-state index contributed by atoms with van der Waals surface area (Å²) in [5, 5.41) is 2.75. The lowest BCUT2D eigenvalue weighted by atomic mass is 9.96. The third kappa shape index (κ3) is 4.44. The van der Waals surface area contributed by atoms with E-state index in [2.05, 4.69) is 5.32 Å². The van der Waals surface area contributed by atoms with Gasteiger partial charge in [0, 0.05) is 18.6 Å². The maximum Gasteiger partial charge on any atom is 0.391 e. The van der Waals surface area contributed by atoms with Gasteiger partial charge in [-0.1, -0.05) is 0 Å². The molecule has 1 heterocycles. The zero-order valence-corrected chi connectivity index (χ0v) is 10.4. The summed E-state index contributed by atoms with van der Waals surface area (Å²) in [6.07, 6.45) is -4.13. The van der Waals surface area contributed by atoms with Crippen molar-refractivity contribution in [2.45, 2.75) is 45.3 Å². The molecular formula is C11H19F3N2O. The Morgan fingerprint density at radius 2 is 1.65 bits per heavy atom.